The van der Waals surface area contributed by atoms with Crippen molar-refractivity contribution in [2.24, 2.45) is 10.3 Å². The number of hydrogen-bond donors (Lipinski definition) is 0. The molecule has 7 nitrogen and oxygen atoms in total. The number of rotatable bonds is 12. The van der Waals surface area contributed by atoms with E-state index < -0.39 is 37.2 Å². The molecule has 10 heteroatoms. The van der Waals surface area contributed by atoms with Crippen LogP contribution < -0.4 is 0 Å². The van der Waals surface area contributed by atoms with Crippen LogP contribution in [0, 0.1) is 0 Å². The molecule has 0 spiro atoms. The maximum absolute atomic E-state index is 6.52. The first kappa shape index (κ1) is 26.5. The van der Waals surface area contributed by atoms with Crippen LogP contribution >= 0.6 is 0 Å². The summed E-state index contributed by atoms with van der Waals surface area (Å²) in [6.45, 7) is 21.5. The van der Waals surface area contributed by atoms with Gasteiger partial charge >= 0.3 is 0 Å². The van der Waals surface area contributed by atoms with Gasteiger partial charge in [0.1, 0.15) is 32.1 Å². The summed E-state index contributed by atoms with van der Waals surface area (Å²) in [5.74, 6) is 0. The van der Waals surface area contributed by atoms with Crippen molar-refractivity contribution >= 4 is 36.4 Å². The first-order chi connectivity index (χ1) is 12.1. The fraction of sp³-hybridized carbons (Fsp3) is 0.882. The van der Waals surface area contributed by atoms with E-state index in [0.717, 1.165) is 0 Å². The zero-order valence-corrected chi connectivity index (χ0v) is 22.3. The predicted octanol–water partition coefficient (Wildman–Crippen LogP) is 4.30. The average molecular weight is 437 g/mol. The lowest BCUT2D eigenvalue weighted by atomic mass is 10.1. The molecule has 0 unspecified atom stereocenters. The van der Waals surface area contributed by atoms with Crippen LogP contribution in [0.3, 0.4) is 0 Å². The Kier molecular flexibility index (Phi) is 10.6. The molecule has 0 amide bonds. The van der Waals surface area contributed by atoms with Crippen LogP contribution in [0.2, 0.25) is 58.9 Å². The zero-order valence-electron chi connectivity index (χ0n) is 19.3. The van der Waals surface area contributed by atoms with E-state index in [2.05, 4.69) is 69.2 Å². The molecule has 0 saturated heterocycles. The maximum Gasteiger partial charge on any atom is 0.184 e. The molecule has 0 aliphatic rings. The lowest BCUT2D eigenvalue weighted by Crippen LogP contribution is -2.52. The van der Waals surface area contributed by atoms with E-state index in [1.54, 1.807) is 0 Å². The molecular formula is C17H40N2O5Si3. The van der Waals surface area contributed by atoms with Gasteiger partial charge in [-0.3, -0.25) is 0 Å². The Morgan fingerprint density at radius 2 is 1.15 bits per heavy atom. The molecule has 0 aromatic heterocycles. The molecule has 0 aliphatic heterocycles. The van der Waals surface area contributed by atoms with Gasteiger partial charge in [0.2, 0.25) is 0 Å². The van der Waals surface area contributed by atoms with Crippen molar-refractivity contribution in [2.45, 2.75) is 78.1 Å². The van der Waals surface area contributed by atoms with E-state index in [1.165, 1.54) is 14.2 Å². The third kappa shape index (κ3) is 12.5. The molecule has 0 rings (SSSR count). The topological polar surface area (TPSA) is 70.9 Å². The fourth-order valence-electron chi connectivity index (χ4n) is 2.20. The van der Waals surface area contributed by atoms with Gasteiger partial charge in [0.25, 0.3) is 0 Å². The van der Waals surface area contributed by atoms with Crippen molar-refractivity contribution < 1.29 is 23.0 Å². The van der Waals surface area contributed by atoms with Gasteiger partial charge in [-0.2, -0.15) is 0 Å². The van der Waals surface area contributed by atoms with Gasteiger partial charge in [0.05, 0.1) is 12.3 Å². The van der Waals surface area contributed by atoms with Crippen molar-refractivity contribution in [1.82, 2.24) is 0 Å². The van der Waals surface area contributed by atoms with Crippen LogP contribution in [0.5, 0.6) is 0 Å². The van der Waals surface area contributed by atoms with E-state index in [1.807, 2.05) is 6.92 Å². The van der Waals surface area contributed by atoms with Crippen LogP contribution in [-0.4, -0.2) is 69.4 Å². The van der Waals surface area contributed by atoms with Gasteiger partial charge in [0.15, 0.2) is 25.0 Å². The molecule has 0 N–H and O–H groups in total. The molecule has 0 radical (unpaired) electrons. The Hall–Kier alpha value is -0.529. The molecule has 0 heterocycles. The highest BCUT2D eigenvalue weighted by atomic mass is 28.4. The predicted molar refractivity (Wildman–Crippen MR) is 120 cm³/mol. The molecular weight excluding hydrogens is 396 g/mol. The van der Waals surface area contributed by atoms with Crippen LogP contribution in [0.1, 0.15) is 6.92 Å². The van der Waals surface area contributed by atoms with Crippen molar-refractivity contribution in [3.8, 4) is 0 Å². The van der Waals surface area contributed by atoms with Gasteiger partial charge in [0, 0.05) is 0 Å². The Balaban J connectivity index is 6.08. The van der Waals surface area contributed by atoms with Crippen molar-refractivity contribution in [2.75, 3.05) is 20.8 Å². The minimum atomic E-state index is -1.93. The van der Waals surface area contributed by atoms with E-state index in [9.17, 15) is 0 Å². The van der Waals surface area contributed by atoms with Crippen LogP contribution in [0.25, 0.3) is 0 Å². The van der Waals surface area contributed by atoms with Crippen LogP contribution in [0.15, 0.2) is 10.3 Å². The SMILES string of the molecule is CO/N=C(/CO[Si](C)(C)C)[C@@H](O[Si](C)(C)C)[C@H](O[Si](C)(C)C)/C(C)=N/OC. The second kappa shape index (κ2) is 10.9. The minimum Gasteiger partial charge on any atom is -0.412 e. The summed E-state index contributed by atoms with van der Waals surface area (Å²) in [6, 6.07) is 0. The lowest BCUT2D eigenvalue weighted by Gasteiger charge is -2.36. The monoisotopic (exact) mass is 436 g/mol. The largest absolute Gasteiger partial charge is 0.412 e. The first-order valence-corrected chi connectivity index (χ1v) is 19.5. The number of oxime groups is 2. The third-order valence-corrected chi connectivity index (χ3v) is 6.01. The van der Waals surface area contributed by atoms with E-state index in [-0.39, 0.29) is 0 Å². The summed E-state index contributed by atoms with van der Waals surface area (Å²) in [5, 5.41) is 8.39. The summed E-state index contributed by atoms with van der Waals surface area (Å²) >= 11 is 0. The molecule has 160 valence electrons. The number of hydrogen-bond acceptors (Lipinski definition) is 7. The Labute approximate surface area is 168 Å². The summed E-state index contributed by atoms with van der Waals surface area (Å²) < 4.78 is 19.1. The van der Waals surface area contributed by atoms with Crippen LogP contribution in [-0.2, 0) is 23.0 Å². The second-order valence-corrected chi connectivity index (χ2v) is 22.8. The third-order valence-electron chi connectivity index (χ3n) is 3.07. The first-order valence-electron chi connectivity index (χ1n) is 9.27. The van der Waals surface area contributed by atoms with Crippen molar-refractivity contribution in [3.05, 3.63) is 0 Å². The highest BCUT2D eigenvalue weighted by Gasteiger charge is 2.38. The molecule has 2 atom stereocenters. The highest BCUT2D eigenvalue weighted by molar-refractivity contribution is 6.71. The van der Waals surface area contributed by atoms with Crippen molar-refractivity contribution in [3.63, 3.8) is 0 Å². The normalized spacial score (nSPS) is 16.9. The maximum atomic E-state index is 6.52. The summed E-state index contributed by atoms with van der Waals surface area (Å²) in [7, 11) is -2.53. The zero-order chi connectivity index (χ0) is 21.5. The quantitative estimate of drug-likeness (QED) is 0.259. The van der Waals surface area contributed by atoms with Gasteiger partial charge in [-0.05, 0) is 65.8 Å². The summed E-state index contributed by atoms with van der Waals surface area (Å²) in [5.41, 5.74) is 1.39. The second-order valence-electron chi connectivity index (χ2n) is 9.38. The Bertz CT molecular complexity index is 508. The Morgan fingerprint density at radius 3 is 1.52 bits per heavy atom. The standard InChI is InChI=1S/C17H40N2O5Si3/c1-14(18-20-2)16(23-26(7,8)9)17(24-27(10,11)12)15(19-21-3)13-22-25(4,5)6/h16-17H,13H2,1-12H3/b18-14+,19-15-/t16-,17-/m1/s1. The Morgan fingerprint density at radius 1 is 0.704 bits per heavy atom. The van der Waals surface area contributed by atoms with E-state index >= 15 is 0 Å². The molecule has 0 fully saturated rings. The van der Waals surface area contributed by atoms with Gasteiger partial charge in [-0.1, -0.05) is 10.3 Å². The summed E-state index contributed by atoms with van der Waals surface area (Å²) in [4.78, 5) is 10.1. The molecule has 0 bridgehead atoms. The molecule has 0 saturated carbocycles. The highest BCUT2D eigenvalue weighted by Crippen LogP contribution is 2.21. The molecule has 27 heavy (non-hydrogen) atoms. The molecule has 0 aromatic carbocycles. The smallest absolute Gasteiger partial charge is 0.184 e. The van der Waals surface area contributed by atoms with Gasteiger partial charge in [-0.15, -0.1) is 0 Å². The fourth-order valence-corrected chi connectivity index (χ4v) is 4.85. The minimum absolute atomic E-state index is 0.338. The van der Waals surface area contributed by atoms with E-state index in [4.69, 9.17) is 23.0 Å². The number of nitrogens with zero attached hydrogens (tertiary/aromatic N) is 2. The van der Waals surface area contributed by atoms with Gasteiger partial charge in [-0.25, -0.2) is 0 Å². The van der Waals surface area contributed by atoms with Crippen LogP contribution in [0.4, 0.5) is 0 Å². The molecule has 0 aliphatic carbocycles. The molecule has 0 aromatic rings. The van der Waals surface area contributed by atoms with Crippen molar-refractivity contribution in [1.29, 1.82) is 0 Å². The average Bonchev–Trinajstić information content (AvgIpc) is 2.44. The van der Waals surface area contributed by atoms with E-state index in [0.29, 0.717) is 18.0 Å². The van der Waals surface area contributed by atoms with Gasteiger partial charge < -0.3 is 23.0 Å². The summed E-state index contributed by atoms with van der Waals surface area (Å²) in [6.07, 6.45) is -0.860. The lowest BCUT2D eigenvalue weighted by molar-refractivity contribution is 0.113.